The van der Waals surface area contributed by atoms with Crippen LogP contribution < -0.4 is 4.74 Å². The van der Waals surface area contributed by atoms with Gasteiger partial charge in [0.05, 0.1) is 17.0 Å². The van der Waals surface area contributed by atoms with Gasteiger partial charge < -0.3 is 4.74 Å². The molecule has 0 spiro atoms. The van der Waals surface area contributed by atoms with Gasteiger partial charge in [-0.1, -0.05) is 41.4 Å². The fraction of sp³-hybridized carbons (Fsp3) is 0.294. The van der Waals surface area contributed by atoms with Crippen molar-refractivity contribution in [2.24, 2.45) is 0 Å². The van der Waals surface area contributed by atoms with Crippen molar-refractivity contribution in [1.82, 2.24) is 4.31 Å². The number of hydrogen-bond acceptors (Lipinski definition) is 3. The summed E-state index contributed by atoms with van der Waals surface area (Å²) in [5.74, 6) is 0.444. The highest BCUT2D eigenvalue weighted by atomic mass is 35.5. The van der Waals surface area contributed by atoms with E-state index < -0.39 is 10.0 Å². The largest absolute Gasteiger partial charge is 0.495 e. The summed E-state index contributed by atoms with van der Waals surface area (Å²) in [5.41, 5.74) is 2.06. The maximum Gasteiger partial charge on any atom is 0.243 e. The highest BCUT2D eigenvalue weighted by molar-refractivity contribution is 7.89. The van der Waals surface area contributed by atoms with Crippen LogP contribution in [-0.2, 0) is 10.0 Å². The molecule has 0 bridgehead atoms. The lowest BCUT2D eigenvalue weighted by Gasteiger charge is -2.25. The van der Waals surface area contributed by atoms with Crippen molar-refractivity contribution in [3.8, 4) is 5.75 Å². The first kappa shape index (κ1) is 17.8. The number of methoxy groups -OCH3 is 1. The van der Waals surface area contributed by atoms with E-state index >= 15 is 0 Å². The molecule has 2 aromatic carbocycles. The number of benzene rings is 2. The van der Waals surface area contributed by atoms with Crippen LogP contribution >= 0.6 is 11.6 Å². The molecule has 0 saturated heterocycles. The maximum atomic E-state index is 12.8. The minimum atomic E-state index is -3.65. The van der Waals surface area contributed by atoms with Crippen LogP contribution in [0.25, 0.3) is 0 Å². The number of rotatable bonds is 5. The molecule has 23 heavy (non-hydrogen) atoms. The molecule has 0 aliphatic carbocycles. The molecule has 2 aromatic rings. The van der Waals surface area contributed by atoms with Gasteiger partial charge in [-0.3, -0.25) is 0 Å². The van der Waals surface area contributed by atoms with Crippen molar-refractivity contribution in [1.29, 1.82) is 0 Å². The first-order valence-electron chi connectivity index (χ1n) is 7.15. The molecule has 2 rings (SSSR count). The van der Waals surface area contributed by atoms with E-state index in [2.05, 4.69) is 0 Å². The molecule has 0 amide bonds. The summed E-state index contributed by atoms with van der Waals surface area (Å²) >= 11 is 6.05. The Morgan fingerprint density at radius 1 is 1.13 bits per heavy atom. The second-order valence-corrected chi connectivity index (χ2v) is 7.81. The Morgan fingerprint density at radius 3 is 2.26 bits per heavy atom. The summed E-state index contributed by atoms with van der Waals surface area (Å²) in [4.78, 5) is 0.143. The molecule has 0 radical (unpaired) electrons. The van der Waals surface area contributed by atoms with E-state index in [4.69, 9.17) is 16.3 Å². The molecule has 0 fully saturated rings. The second kappa shape index (κ2) is 6.91. The molecule has 0 saturated carbocycles. The van der Waals surface area contributed by atoms with E-state index in [1.165, 1.54) is 23.5 Å². The molecule has 0 N–H and O–H groups in total. The third-order valence-corrected chi connectivity index (χ3v) is 6.12. The van der Waals surface area contributed by atoms with E-state index in [1.54, 1.807) is 13.1 Å². The molecule has 4 nitrogen and oxygen atoms in total. The predicted molar refractivity (Wildman–Crippen MR) is 92.5 cm³/mol. The van der Waals surface area contributed by atoms with Crippen LogP contribution in [-0.4, -0.2) is 26.9 Å². The Hall–Kier alpha value is -1.56. The number of halogens is 1. The minimum absolute atomic E-state index is 0.143. The molecule has 124 valence electrons. The third-order valence-electron chi connectivity index (χ3n) is 3.91. The van der Waals surface area contributed by atoms with Gasteiger partial charge >= 0.3 is 0 Å². The quantitative estimate of drug-likeness (QED) is 0.815. The predicted octanol–water partition coefficient (Wildman–Crippen LogP) is 4.04. The van der Waals surface area contributed by atoms with Gasteiger partial charge in [-0.15, -0.1) is 0 Å². The maximum absolute atomic E-state index is 12.8. The molecular formula is C17H20ClNO3S. The second-order valence-electron chi connectivity index (χ2n) is 5.40. The van der Waals surface area contributed by atoms with Gasteiger partial charge in [0.15, 0.2) is 0 Å². The van der Waals surface area contributed by atoms with Crippen LogP contribution in [0.3, 0.4) is 0 Å². The number of nitrogens with zero attached hydrogens (tertiary/aromatic N) is 1. The van der Waals surface area contributed by atoms with E-state index in [-0.39, 0.29) is 16.0 Å². The standard InChI is InChI=1S/C17H20ClNO3S/c1-12-5-7-14(8-6-12)13(2)19(3)23(20,21)15-9-10-17(22-4)16(18)11-15/h5-11,13H,1-4H3. The smallest absolute Gasteiger partial charge is 0.243 e. The Balaban J connectivity index is 2.34. The Bertz CT molecular complexity index is 788. The fourth-order valence-electron chi connectivity index (χ4n) is 2.24. The molecule has 1 unspecified atom stereocenters. The first-order valence-corrected chi connectivity index (χ1v) is 8.97. The zero-order valence-corrected chi connectivity index (χ0v) is 15.1. The summed E-state index contributed by atoms with van der Waals surface area (Å²) in [6.07, 6.45) is 0. The summed E-state index contributed by atoms with van der Waals surface area (Å²) in [5, 5.41) is 0.268. The van der Waals surface area contributed by atoms with E-state index in [1.807, 2.05) is 38.1 Å². The highest BCUT2D eigenvalue weighted by Gasteiger charge is 2.27. The average molecular weight is 354 g/mol. The van der Waals surface area contributed by atoms with Crippen LogP contribution in [0.2, 0.25) is 5.02 Å². The molecule has 0 aromatic heterocycles. The van der Waals surface area contributed by atoms with Crippen LogP contribution in [0.5, 0.6) is 5.75 Å². The van der Waals surface area contributed by atoms with Gasteiger partial charge in [-0.25, -0.2) is 8.42 Å². The highest BCUT2D eigenvalue weighted by Crippen LogP contribution is 2.31. The summed E-state index contributed by atoms with van der Waals surface area (Å²) in [6.45, 7) is 3.85. The lowest BCUT2D eigenvalue weighted by Crippen LogP contribution is -2.29. The van der Waals surface area contributed by atoms with Gasteiger partial charge in [0.25, 0.3) is 0 Å². The van der Waals surface area contributed by atoms with Crippen molar-refractivity contribution in [3.05, 3.63) is 58.6 Å². The van der Waals surface area contributed by atoms with Crippen LogP contribution in [0.4, 0.5) is 0 Å². The molecule has 0 aliphatic heterocycles. The Morgan fingerprint density at radius 2 is 1.74 bits per heavy atom. The zero-order valence-electron chi connectivity index (χ0n) is 13.6. The van der Waals surface area contributed by atoms with Crippen molar-refractivity contribution < 1.29 is 13.2 Å². The van der Waals surface area contributed by atoms with E-state index in [9.17, 15) is 8.42 Å². The van der Waals surface area contributed by atoms with Gasteiger partial charge in [0.1, 0.15) is 5.75 Å². The number of hydrogen-bond donors (Lipinski definition) is 0. The lowest BCUT2D eigenvalue weighted by atomic mass is 10.1. The summed E-state index contributed by atoms with van der Waals surface area (Å²) in [6, 6.07) is 12.0. The molecular weight excluding hydrogens is 334 g/mol. The minimum Gasteiger partial charge on any atom is -0.495 e. The average Bonchev–Trinajstić information content (AvgIpc) is 2.54. The molecule has 6 heteroatoms. The topological polar surface area (TPSA) is 46.6 Å². The fourth-order valence-corrected chi connectivity index (χ4v) is 3.94. The first-order chi connectivity index (χ1) is 10.8. The molecule has 0 heterocycles. The number of sulfonamides is 1. The summed E-state index contributed by atoms with van der Waals surface area (Å²) in [7, 11) is -0.596. The van der Waals surface area contributed by atoms with Crippen LogP contribution in [0.1, 0.15) is 24.1 Å². The van der Waals surface area contributed by atoms with Gasteiger partial charge in [0.2, 0.25) is 10.0 Å². The van der Waals surface area contributed by atoms with Crippen molar-refractivity contribution in [2.45, 2.75) is 24.8 Å². The Labute approximate surface area is 142 Å². The number of aryl methyl sites for hydroxylation is 1. The van der Waals surface area contributed by atoms with Crippen molar-refractivity contribution in [2.75, 3.05) is 14.2 Å². The van der Waals surface area contributed by atoms with Gasteiger partial charge in [0, 0.05) is 13.1 Å². The normalized spacial score (nSPS) is 13.1. The lowest BCUT2D eigenvalue weighted by molar-refractivity contribution is 0.397. The van der Waals surface area contributed by atoms with Crippen molar-refractivity contribution >= 4 is 21.6 Å². The van der Waals surface area contributed by atoms with Crippen molar-refractivity contribution in [3.63, 3.8) is 0 Å². The van der Waals surface area contributed by atoms with Gasteiger partial charge in [-0.05, 0) is 37.6 Å². The molecule has 1 atom stereocenters. The van der Waals surface area contributed by atoms with E-state index in [0.29, 0.717) is 5.75 Å². The SMILES string of the molecule is COc1ccc(S(=O)(=O)N(C)C(C)c2ccc(C)cc2)cc1Cl. The Kier molecular flexibility index (Phi) is 5.34. The number of ether oxygens (including phenoxy) is 1. The molecule has 0 aliphatic rings. The summed E-state index contributed by atoms with van der Waals surface area (Å²) < 4.78 is 32.0. The van der Waals surface area contributed by atoms with Crippen LogP contribution in [0.15, 0.2) is 47.4 Å². The zero-order chi connectivity index (χ0) is 17.2. The van der Waals surface area contributed by atoms with Crippen LogP contribution in [0, 0.1) is 6.92 Å². The van der Waals surface area contributed by atoms with E-state index in [0.717, 1.165) is 11.1 Å². The third kappa shape index (κ3) is 3.68. The monoisotopic (exact) mass is 353 g/mol. The van der Waals surface area contributed by atoms with Gasteiger partial charge in [-0.2, -0.15) is 4.31 Å².